The van der Waals surface area contributed by atoms with E-state index in [-0.39, 0.29) is 17.3 Å². The number of hydrogen-bond acceptors (Lipinski definition) is 6. The molecule has 2 aromatic heterocycles. The highest BCUT2D eigenvalue weighted by molar-refractivity contribution is 7.89. The van der Waals surface area contributed by atoms with Crippen molar-refractivity contribution in [3.63, 3.8) is 0 Å². The van der Waals surface area contributed by atoms with Crippen molar-refractivity contribution >= 4 is 20.8 Å². The van der Waals surface area contributed by atoms with E-state index >= 15 is 0 Å². The van der Waals surface area contributed by atoms with Crippen molar-refractivity contribution in [1.82, 2.24) is 14.9 Å². The molecule has 3 rings (SSSR count). The summed E-state index contributed by atoms with van der Waals surface area (Å²) in [6.07, 6.45) is 3.45. The van der Waals surface area contributed by atoms with Gasteiger partial charge in [0.1, 0.15) is 22.9 Å². The van der Waals surface area contributed by atoms with Crippen LogP contribution in [-0.2, 0) is 10.0 Å². The predicted octanol–water partition coefficient (Wildman–Crippen LogP) is 2.59. The molecule has 0 saturated carbocycles. The second-order valence-corrected chi connectivity index (χ2v) is 7.49. The van der Waals surface area contributed by atoms with Gasteiger partial charge < -0.3 is 9.26 Å². The normalized spacial score (nSPS) is 13.1. The van der Waals surface area contributed by atoms with Gasteiger partial charge in [0.05, 0.1) is 6.04 Å². The monoisotopic (exact) mass is 361 g/mol. The second-order valence-electron chi connectivity index (χ2n) is 5.84. The fraction of sp³-hybridized carbons (Fsp3) is 0.294. The minimum absolute atomic E-state index is 0.0792. The van der Waals surface area contributed by atoms with Gasteiger partial charge in [0.2, 0.25) is 10.0 Å². The Morgan fingerprint density at radius 3 is 2.80 bits per heavy atom. The largest absolute Gasteiger partial charge is 0.491 e. The molecule has 1 atom stereocenters. The molecule has 0 amide bonds. The summed E-state index contributed by atoms with van der Waals surface area (Å²) in [7, 11) is -3.72. The molecule has 8 heteroatoms. The maximum absolute atomic E-state index is 12.5. The SMILES string of the molecule is Cc1noc(C)c1S(=O)(=O)N[C@@H](C)COc1cccc2cnccc12. The molecule has 0 unspecified atom stereocenters. The van der Waals surface area contributed by atoms with Crippen LogP contribution >= 0.6 is 0 Å². The highest BCUT2D eigenvalue weighted by Crippen LogP contribution is 2.24. The number of benzene rings is 1. The fourth-order valence-corrected chi connectivity index (χ4v) is 4.21. The number of aryl methyl sites for hydroxylation is 2. The lowest BCUT2D eigenvalue weighted by atomic mass is 10.1. The van der Waals surface area contributed by atoms with E-state index in [1.54, 1.807) is 33.2 Å². The zero-order valence-corrected chi connectivity index (χ0v) is 15.0. The zero-order chi connectivity index (χ0) is 18.0. The number of nitrogens with one attached hydrogen (secondary N) is 1. The smallest absolute Gasteiger partial charge is 0.246 e. The highest BCUT2D eigenvalue weighted by atomic mass is 32.2. The highest BCUT2D eigenvalue weighted by Gasteiger charge is 2.25. The number of ether oxygens (including phenoxy) is 1. The average Bonchev–Trinajstić information content (AvgIpc) is 2.92. The van der Waals surface area contributed by atoms with E-state index in [4.69, 9.17) is 9.26 Å². The third-order valence-electron chi connectivity index (χ3n) is 3.72. The minimum atomic E-state index is -3.72. The quantitative estimate of drug-likeness (QED) is 0.725. The van der Waals surface area contributed by atoms with Crippen molar-refractivity contribution in [1.29, 1.82) is 0 Å². The molecule has 0 radical (unpaired) electrons. The Morgan fingerprint density at radius 2 is 2.08 bits per heavy atom. The Morgan fingerprint density at radius 1 is 1.28 bits per heavy atom. The summed E-state index contributed by atoms with van der Waals surface area (Å²) in [5.41, 5.74) is 0.333. The van der Waals surface area contributed by atoms with Crippen molar-refractivity contribution in [2.45, 2.75) is 31.7 Å². The van der Waals surface area contributed by atoms with E-state index in [2.05, 4.69) is 14.9 Å². The van der Waals surface area contributed by atoms with E-state index in [1.807, 2.05) is 24.3 Å². The fourth-order valence-electron chi connectivity index (χ4n) is 2.65. The van der Waals surface area contributed by atoms with Gasteiger partial charge in [-0.2, -0.15) is 0 Å². The van der Waals surface area contributed by atoms with Crippen molar-refractivity contribution in [3.8, 4) is 5.75 Å². The van der Waals surface area contributed by atoms with E-state index in [1.165, 1.54) is 0 Å². The van der Waals surface area contributed by atoms with Crippen molar-refractivity contribution in [2.75, 3.05) is 6.61 Å². The third kappa shape index (κ3) is 3.64. The molecule has 25 heavy (non-hydrogen) atoms. The summed E-state index contributed by atoms with van der Waals surface area (Å²) in [6.45, 7) is 5.09. The standard InChI is InChI=1S/C17H19N3O4S/c1-11(20-25(21,22)17-12(2)19-24-13(17)3)10-23-16-6-4-5-14-9-18-8-7-15(14)16/h4-9,11,20H,10H2,1-3H3/t11-/m0/s1. The molecule has 1 aromatic carbocycles. The lowest BCUT2D eigenvalue weighted by Gasteiger charge is -2.16. The Labute approximate surface area is 146 Å². The van der Waals surface area contributed by atoms with Crippen LogP contribution in [0.15, 0.2) is 46.1 Å². The molecule has 0 bridgehead atoms. The van der Waals surface area contributed by atoms with E-state index in [9.17, 15) is 8.42 Å². The molecular formula is C17H19N3O4S. The van der Waals surface area contributed by atoms with E-state index in [0.717, 1.165) is 10.8 Å². The number of pyridine rings is 1. The number of sulfonamides is 1. The molecule has 7 nitrogen and oxygen atoms in total. The summed E-state index contributed by atoms with van der Waals surface area (Å²) in [5.74, 6) is 0.947. The molecule has 2 heterocycles. The van der Waals surface area contributed by atoms with Crippen LogP contribution in [-0.4, -0.2) is 31.2 Å². The average molecular weight is 361 g/mol. The maximum Gasteiger partial charge on any atom is 0.246 e. The number of aromatic nitrogens is 2. The maximum atomic E-state index is 12.5. The molecule has 0 aliphatic heterocycles. The zero-order valence-electron chi connectivity index (χ0n) is 14.2. The van der Waals surface area contributed by atoms with Crippen molar-refractivity contribution < 1.29 is 17.7 Å². The van der Waals surface area contributed by atoms with Gasteiger partial charge in [-0.05, 0) is 32.9 Å². The van der Waals surface area contributed by atoms with E-state index in [0.29, 0.717) is 11.4 Å². The van der Waals surface area contributed by atoms with Gasteiger partial charge in [0.15, 0.2) is 5.76 Å². The van der Waals surface area contributed by atoms with Crippen LogP contribution in [0.2, 0.25) is 0 Å². The third-order valence-corrected chi connectivity index (χ3v) is 5.56. The number of fused-ring (bicyclic) bond motifs is 1. The molecule has 0 spiro atoms. The topological polar surface area (TPSA) is 94.3 Å². The predicted molar refractivity (Wildman–Crippen MR) is 93.0 cm³/mol. The first kappa shape index (κ1) is 17.4. The van der Waals surface area contributed by atoms with Gasteiger partial charge in [-0.15, -0.1) is 0 Å². The van der Waals surface area contributed by atoms with Crippen molar-refractivity contribution in [2.24, 2.45) is 0 Å². The number of nitrogens with zero attached hydrogens (tertiary/aromatic N) is 2. The van der Waals surface area contributed by atoms with Crippen LogP contribution in [0, 0.1) is 13.8 Å². The van der Waals surface area contributed by atoms with Crippen molar-refractivity contribution in [3.05, 3.63) is 48.1 Å². The molecule has 0 aliphatic rings. The number of hydrogen-bond donors (Lipinski definition) is 1. The Hall–Kier alpha value is -2.45. The van der Waals surface area contributed by atoms with Gasteiger partial charge >= 0.3 is 0 Å². The summed E-state index contributed by atoms with van der Waals surface area (Å²) in [6, 6.07) is 7.09. The molecule has 1 N–H and O–H groups in total. The first-order chi connectivity index (χ1) is 11.9. The Kier molecular flexibility index (Phi) is 4.73. The molecule has 0 aliphatic carbocycles. The minimum Gasteiger partial charge on any atom is -0.491 e. The first-order valence-corrected chi connectivity index (χ1v) is 9.27. The lowest BCUT2D eigenvalue weighted by molar-refractivity contribution is 0.290. The molecule has 3 aromatic rings. The first-order valence-electron chi connectivity index (χ1n) is 7.79. The summed E-state index contributed by atoms with van der Waals surface area (Å²) >= 11 is 0. The van der Waals surface area contributed by atoms with Gasteiger partial charge in [0.25, 0.3) is 0 Å². The van der Waals surface area contributed by atoms with Crippen LogP contribution in [0.25, 0.3) is 10.8 Å². The van der Waals surface area contributed by atoms with Gasteiger partial charge in [-0.25, -0.2) is 13.1 Å². The summed E-state index contributed by atoms with van der Waals surface area (Å²) in [4.78, 5) is 4.16. The second kappa shape index (κ2) is 6.81. The Bertz CT molecular complexity index is 973. The van der Waals surface area contributed by atoms with Gasteiger partial charge in [0, 0.05) is 23.2 Å². The van der Waals surface area contributed by atoms with Crippen LogP contribution in [0.4, 0.5) is 0 Å². The summed E-state index contributed by atoms with van der Waals surface area (Å²) in [5, 5.41) is 5.58. The van der Waals surface area contributed by atoms with Gasteiger partial charge in [-0.3, -0.25) is 4.98 Å². The molecule has 0 saturated heterocycles. The molecular weight excluding hydrogens is 342 g/mol. The Balaban J connectivity index is 1.72. The molecule has 132 valence electrons. The van der Waals surface area contributed by atoms with Crippen LogP contribution in [0.5, 0.6) is 5.75 Å². The van der Waals surface area contributed by atoms with Gasteiger partial charge in [-0.1, -0.05) is 17.3 Å². The molecule has 0 fully saturated rings. The van der Waals surface area contributed by atoms with Crippen LogP contribution < -0.4 is 9.46 Å². The van der Waals surface area contributed by atoms with Crippen LogP contribution in [0.3, 0.4) is 0 Å². The lowest BCUT2D eigenvalue weighted by Crippen LogP contribution is -2.37. The number of rotatable bonds is 6. The van der Waals surface area contributed by atoms with E-state index < -0.39 is 16.1 Å². The summed E-state index contributed by atoms with van der Waals surface area (Å²) < 4.78 is 38.3. The van der Waals surface area contributed by atoms with Crippen LogP contribution in [0.1, 0.15) is 18.4 Å².